The van der Waals surface area contributed by atoms with E-state index in [1.54, 1.807) is 12.1 Å². The highest BCUT2D eigenvalue weighted by molar-refractivity contribution is 7.86. The van der Waals surface area contributed by atoms with Crippen molar-refractivity contribution in [2.45, 2.75) is 37.5 Å². The Labute approximate surface area is 166 Å². The number of benzene rings is 2. The molecule has 2 N–H and O–H groups in total. The third-order valence-electron chi connectivity index (χ3n) is 5.45. The Morgan fingerprint density at radius 1 is 1.04 bits per heavy atom. The summed E-state index contributed by atoms with van der Waals surface area (Å²) in [5.74, 6) is 0.111. The van der Waals surface area contributed by atoms with Gasteiger partial charge in [-0.05, 0) is 43.0 Å². The van der Waals surface area contributed by atoms with E-state index in [-0.39, 0.29) is 11.8 Å². The highest BCUT2D eigenvalue weighted by atomic mass is 32.2. The van der Waals surface area contributed by atoms with Gasteiger partial charge < -0.3 is 10.2 Å². The Hall–Kier alpha value is -1.93. The molecular weight excluding hydrogens is 378 g/mol. The van der Waals surface area contributed by atoms with Crippen LogP contribution in [0.2, 0.25) is 0 Å². The molecule has 6 nitrogen and oxygen atoms in total. The normalized spacial score (nSPS) is 19.8. The van der Waals surface area contributed by atoms with Gasteiger partial charge in [-0.1, -0.05) is 42.5 Å². The van der Waals surface area contributed by atoms with Crippen LogP contribution in [0.4, 0.5) is 0 Å². The zero-order valence-electron chi connectivity index (χ0n) is 16.2. The zero-order chi connectivity index (χ0) is 20.4. The van der Waals surface area contributed by atoms with E-state index in [9.17, 15) is 18.6 Å². The predicted molar refractivity (Wildman–Crippen MR) is 107 cm³/mol. The number of nitrogens with zero attached hydrogens (tertiary/aromatic N) is 1. The summed E-state index contributed by atoms with van der Waals surface area (Å²) in [5, 5.41) is 20.6. The number of aromatic hydroxyl groups is 1. The van der Waals surface area contributed by atoms with Crippen LogP contribution in [-0.4, -0.2) is 48.9 Å². The Kier molecular flexibility index (Phi) is 6.09. The van der Waals surface area contributed by atoms with E-state index in [4.69, 9.17) is 4.18 Å². The number of aliphatic hydroxyl groups is 1. The molecule has 2 aromatic carbocycles. The lowest BCUT2D eigenvalue weighted by atomic mass is 9.83. The van der Waals surface area contributed by atoms with Crippen molar-refractivity contribution in [2.24, 2.45) is 0 Å². The second-order valence-corrected chi connectivity index (χ2v) is 9.09. The minimum absolute atomic E-state index is 0.111. The molecule has 1 aliphatic rings. The first kappa shape index (κ1) is 20.8. The van der Waals surface area contributed by atoms with Gasteiger partial charge in [-0.2, -0.15) is 8.42 Å². The van der Waals surface area contributed by atoms with Crippen molar-refractivity contribution >= 4 is 10.1 Å². The second kappa shape index (κ2) is 8.21. The molecule has 2 aromatic rings. The molecule has 3 rings (SSSR count). The summed E-state index contributed by atoms with van der Waals surface area (Å²) in [6, 6.07) is 15.8. The highest BCUT2D eigenvalue weighted by Crippen LogP contribution is 2.36. The van der Waals surface area contributed by atoms with Crippen LogP contribution in [0, 0.1) is 0 Å². The van der Waals surface area contributed by atoms with Crippen LogP contribution in [0.5, 0.6) is 5.75 Å². The number of hydrogen-bond donors (Lipinski definition) is 2. The fourth-order valence-corrected chi connectivity index (χ4v) is 4.45. The second-order valence-electron chi connectivity index (χ2n) is 7.49. The van der Waals surface area contributed by atoms with Crippen molar-refractivity contribution < 1.29 is 22.8 Å². The molecule has 1 fully saturated rings. The predicted octanol–water partition coefficient (Wildman–Crippen LogP) is 2.78. The minimum atomic E-state index is -3.67. The number of piperidine rings is 1. The Balaban J connectivity index is 1.76. The molecule has 1 aliphatic heterocycles. The molecule has 7 heteroatoms. The van der Waals surface area contributed by atoms with Crippen molar-refractivity contribution in [3.63, 3.8) is 0 Å². The molecule has 2 atom stereocenters. The maximum atomic E-state index is 11.8. The van der Waals surface area contributed by atoms with Gasteiger partial charge in [0, 0.05) is 19.1 Å². The molecule has 0 aliphatic carbocycles. The van der Waals surface area contributed by atoms with Crippen molar-refractivity contribution in [1.29, 1.82) is 0 Å². The summed E-state index contributed by atoms with van der Waals surface area (Å²) in [7, 11) is -3.67. The van der Waals surface area contributed by atoms with E-state index in [2.05, 4.69) is 4.90 Å². The maximum Gasteiger partial charge on any atom is 0.265 e. The smallest absolute Gasteiger partial charge is 0.265 e. The first-order valence-corrected chi connectivity index (χ1v) is 11.2. The fraction of sp³-hybridized carbons (Fsp3) is 0.429. The molecule has 1 saturated heterocycles. The summed E-state index contributed by atoms with van der Waals surface area (Å²) >= 11 is 0. The van der Waals surface area contributed by atoms with Crippen LogP contribution in [0.25, 0.3) is 0 Å². The van der Waals surface area contributed by atoms with E-state index in [1.165, 1.54) is 12.1 Å². The van der Waals surface area contributed by atoms with Crippen molar-refractivity contribution in [1.82, 2.24) is 4.90 Å². The lowest BCUT2D eigenvalue weighted by Gasteiger charge is -2.42. The average molecular weight is 406 g/mol. The molecule has 0 unspecified atom stereocenters. The van der Waals surface area contributed by atoms with Gasteiger partial charge in [-0.3, -0.25) is 9.08 Å². The summed E-state index contributed by atoms with van der Waals surface area (Å²) in [5.41, 5.74) is 0.716. The third kappa shape index (κ3) is 4.91. The molecule has 0 spiro atoms. The zero-order valence-corrected chi connectivity index (χ0v) is 17.0. The Morgan fingerprint density at radius 2 is 1.61 bits per heavy atom. The van der Waals surface area contributed by atoms with Crippen LogP contribution < -0.4 is 0 Å². The van der Waals surface area contributed by atoms with Crippen LogP contribution in [-0.2, 0) is 19.9 Å². The minimum Gasteiger partial charge on any atom is -0.508 e. The lowest BCUT2D eigenvalue weighted by molar-refractivity contribution is -0.0465. The van der Waals surface area contributed by atoms with Gasteiger partial charge in [0.15, 0.2) is 0 Å². The Bertz CT molecular complexity index is 875. The van der Waals surface area contributed by atoms with E-state index in [0.29, 0.717) is 31.5 Å². The summed E-state index contributed by atoms with van der Waals surface area (Å²) in [4.78, 5) is 2.14. The largest absolute Gasteiger partial charge is 0.508 e. The maximum absolute atomic E-state index is 11.8. The topological polar surface area (TPSA) is 87.1 Å². The van der Waals surface area contributed by atoms with E-state index in [1.807, 2.05) is 37.3 Å². The molecule has 0 saturated carbocycles. The van der Waals surface area contributed by atoms with E-state index in [0.717, 1.165) is 11.8 Å². The molecule has 0 aromatic heterocycles. The number of phenolic OH excluding ortho intramolecular Hbond substituents is 1. The van der Waals surface area contributed by atoms with Crippen LogP contribution in [0.15, 0.2) is 54.6 Å². The standard InChI is InChI=1S/C21H27NO5S/c1-16(20(27-28(2,25)26)17-8-10-19(23)11-9-17)22-14-12-21(24,13-15-22)18-6-4-3-5-7-18/h3-11,16,20,23-24H,12-15H2,1-2H3/t16-,20+/m0/s1. The summed E-state index contributed by atoms with van der Waals surface area (Å²) < 4.78 is 29.1. The fourth-order valence-electron chi connectivity index (χ4n) is 3.80. The summed E-state index contributed by atoms with van der Waals surface area (Å²) in [6.07, 6.45) is 1.46. The summed E-state index contributed by atoms with van der Waals surface area (Å²) in [6.45, 7) is 3.16. The van der Waals surface area contributed by atoms with Crippen molar-refractivity contribution in [3.8, 4) is 5.75 Å². The molecule has 0 amide bonds. The molecule has 152 valence electrons. The van der Waals surface area contributed by atoms with E-state index < -0.39 is 21.8 Å². The van der Waals surface area contributed by atoms with Crippen molar-refractivity contribution in [3.05, 3.63) is 65.7 Å². The average Bonchev–Trinajstić information content (AvgIpc) is 2.67. The van der Waals surface area contributed by atoms with Crippen LogP contribution >= 0.6 is 0 Å². The SMILES string of the molecule is C[C@@H]([C@@H](OS(C)(=O)=O)c1ccc(O)cc1)N1CCC(O)(c2ccccc2)CC1. The molecule has 1 heterocycles. The first-order valence-electron chi connectivity index (χ1n) is 9.37. The van der Waals surface area contributed by atoms with Gasteiger partial charge in [0.25, 0.3) is 10.1 Å². The van der Waals surface area contributed by atoms with Gasteiger partial charge in [-0.15, -0.1) is 0 Å². The van der Waals surface area contributed by atoms with Crippen LogP contribution in [0.3, 0.4) is 0 Å². The quantitative estimate of drug-likeness (QED) is 0.719. The van der Waals surface area contributed by atoms with E-state index >= 15 is 0 Å². The van der Waals surface area contributed by atoms with Gasteiger partial charge in [0.05, 0.1) is 11.9 Å². The Morgan fingerprint density at radius 3 is 2.14 bits per heavy atom. The van der Waals surface area contributed by atoms with Gasteiger partial charge in [-0.25, -0.2) is 0 Å². The lowest BCUT2D eigenvalue weighted by Crippen LogP contribution is -2.48. The monoisotopic (exact) mass is 405 g/mol. The molecular formula is C21H27NO5S. The number of likely N-dealkylation sites (tertiary alicyclic amines) is 1. The number of rotatable bonds is 6. The highest BCUT2D eigenvalue weighted by Gasteiger charge is 2.37. The van der Waals surface area contributed by atoms with Gasteiger partial charge in [0.1, 0.15) is 11.9 Å². The molecule has 28 heavy (non-hydrogen) atoms. The number of hydrogen-bond acceptors (Lipinski definition) is 6. The first-order chi connectivity index (χ1) is 13.2. The molecule has 0 bridgehead atoms. The van der Waals surface area contributed by atoms with Crippen LogP contribution in [0.1, 0.15) is 37.0 Å². The third-order valence-corrected chi connectivity index (χ3v) is 6.01. The van der Waals surface area contributed by atoms with Gasteiger partial charge >= 0.3 is 0 Å². The molecule has 0 radical (unpaired) electrons. The van der Waals surface area contributed by atoms with Crippen molar-refractivity contribution in [2.75, 3.05) is 19.3 Å². The number of phenols is 1. The van der Waals surface area contributed by atoms with Gasteiger partial charge in [0.2, 0.25) is 0 Å².